The predicted molar refractivity (Wildman–Crippen MR) is 81.5 cm³/mol. The van der Waals surface area contributed by atoms with E-state index in [9.17, 15) is 0 Å². The van der Waals surface area contributed by atoms with Gasteiger partial charge in [-0.25, -0.2) is 4.98 Å². The average Bonchev–Trinajstić information content (AvgIpc) is 3.28. The van der Waals surface area contributed by atoms with Gasteiger partial charge in [-0.1, -0.05) is 13.0 Å². The molecular weight excluding hydrogens is 234 g/mol. The number of hydrogen-bond acceptors (Lipinski definition) is 3. The van der Waals surface area contributed by atoms with E-state index in [0.29, 0.717) is 12.1 Å². The van der Waals surface area contributed by atoms with E-state index in [1.807, 2.05) is 6.20 Å². The standard InChI is InChI=1S/C16H27N3/c1-5-10-17-12(2)15-8-9-16(18-11-15)19(4)13(3)14-6-7-14/h8-9,11-14,17H,5-7,10H2,1-4H3. The molecule has 19 heavy (non-hydrogen) atoms. The minimum atomic E-state index is 0.382. The molecule has 0 amide bonds. The third-order valence-electron chi connectivity index (χ3n) is 4.25. The van der Waals surface area contributed by atoms with Crippen molar-refractivity contribution >= 4 is 5.82 Å². The summed E-state index contributed by atoms with van der Waals surface area (Å²) in [4.78, 5) is 6.94. The fraction of sp³-hybridized carbons (Fsp3) is 0.688. The lowest BCUT2D eigenvalue weighted by Gasteiger charge is -2.26. The first-order valence-electron chi connectivity index (χ1n) is 7.55. The number of pyridine rings is 1. The van der Waals surface area contributed by atoms with Crippen molar-refractivity contribution in [3.05, 3.63) is 23.9 Å². The van der Waals surface area contributed by atoms with Gasteiger partial charge in [0.05, 0.1) is 0 Å². The summed E-state index contributed by atoms with van der Waals surface area (Å²) in [6.45, 7) is 7.75. The van der Waals surface area contributed by atoms with Gasteiger partial charge in [-0.3, -0.25) is 0 Å². The van der Waals surface area contributed by atoms with Gasteiger partial charge in [-0.15, -0.1) is 0 Å². The number of hydrogen-bond donors (Lipinski definition) is 1. The van der Waals surface area contributed by atoms with Crippen LogP contribution in [0.15, 0.2) is 18.3 Å². The van der Waals surface area contributed by atoms with Gasteiger partial charge in [0.2, 0.25) is 0 Å². The normalized spacial score (nSPS) is 18.1. The molecule has 0 saturated heterocycles. The second-order valence-electron chi connectivity index (χ2n) is 5.81. The topological polar surface area (TPSA) is 28.2 Å². The maximum atomic E-state index is 4.62. The van der Waals surface area contributed by atoms with E-state index in [0.717, 1.165) is 24.7 Å². The van der Waals surface area contributed by atoms with Crippen molar-refractivity contribution in [2.45, 2.75) is 52.1 Å². The Morgan fingerprint density at radius 1 is 1.37 bits per heavy atom. The minimum absolute atomic E-state index is 0.382. The maximum Gasteiger partial charge on any atom is 0.128 e. The highest BCUT2D eigenvalue weighted by atomic mass is 15.2. The van der Waals surface area contributed by atoms with Crippen molar-refractivity contribution in [2.75, 3.05) is 18.5 Å². The van der Waals surface area contributed by atoms with Crippen molar-refractivity contribution in [2.24, 2.45) is 5.92 Å². The van der Waals surface area contributed by atoms with Crippen LogP contribution in [0.4, 0.5) is 5.82 Å². The Kier molecular flexibility index (Phi) is 4.81. The summed E-state index contributed by atoms with van der Waals surface area (Å²) in [6, 6.07) is 5.34. The van der Waals surface area contributed by atoms with E-state index in [1.54, 1.807) is 0 Å². The average molecular weight is 261 g/mol. The summed E-state index contributed by atoms with van der Waals surface area (Å²) in [5.41, 5.74) is 1.27. The highest BCUT2D eigenvalue weighted by Gasteiger charge is 2.30. The Balaban J connectivity index is 1.97. The van der Waals surface area contributed by atoms with Crippen LogP contribution in [0.1, 0.15) is 51.6 Å². The van der Waals surface area contributed by atoms with E-state index in [4.69, 9.17) is 0 Å². The Labute approximate surface area is 117 Å². The molecule has 0 aromatic carbocycles. The molecule has 1 aromatic heterocycles. The molecule has 0 radical (unpaired) electrons. The largest absolute Gasteiger partial charge is 0.357 e. The molecule has 1 aliphatic rings. The minimum Gasteiger partial charge on any atom is -0.357 e. The zero-order chi connectivity index (χ0) is 13.8. The van der Waals surface area contributed by atoms with E-state index >= 15 is 0 Å². The van der Waals surface area contributed by atoms with Gasteiger partial charge < -0.3 is 10.2 Å². The monoisotopic (exact) mass is 261 g/mol. The summed E-state index contributed by atoms with van der Waals surface area (Å²) in [5, 5.41) is 3.49. The molecule has 3 nitrogen and oxygen atoms in total. The van der Waals surface area contributed by atoms with Crippen LogP contribution < -0.4 is 10.2 Å². The third-order valence-corrected chi connectivity index (χ3v) is 4.25. The van der Waals surface area contributed by atoms with Gasteiger partial charge in [-0.2, -0.15) is 0 Å². The van der Waals surface area contributed by atoms with E-state index in [-0.39, 0.29) is 0 Å². The van der Waals surface area contributed by atoms with Crippen molar-refractivity contribution in [1.29, 1.82) is 0 Å². The Morgan fingerprint density at radius 3 is 2.63 bits per heavy atom. The summed E-state index contributed by atoms with van der Waals surface area (Å²) >= 11 is 0. The van der Waals surface area contributed by atoms with Crippen LogP contribution in [-0.2, 0) is 0 Å². The molecule has 1 heterocycles. The molecule has 1 aliphatic carbocycles. The molecule has 1 saturated carbocycles. The Bertz CT molecular complexity index is 383. The zero-order valence-corrected chi connectivity index (χ0v) is 12.7. The van der Waals surface area contributed by atoms with Crippen LogP contribution in [0, 0.1) is 5.92 Å². The molecule has 0 aliphatic heterocycles. The van der Waals surface area contributed by atoms with E-state index < -0.39 is 0 Å². The highest BCUT2D eigenvalue weighted by molar-refractivity contribution is 5.40. The van der Waals surface area contributed by atoms with E-state index in [2.05, 4.69) is 55.2 Å². The van der Waals surface area contributed by atoms with Crippen LogP contribution in [0.3, 0.4) is 0 Å². The summed E-state index contributed by atoms with van der Waals surface area (Å²) in [5.74, 6) is 1.96. The molecular formula is C16H27N3. The highest BCUT2D eigenvalue weighted by Crippen LogP contribution is 2.35. The van der Waals surface area contributed by atoms with Crippen LogP contribution in [0.5, 0.6) is 0 Å². The molecule has 0 spiro atoms. The van der Waals surface area contributed by atoms with Gasteiger partial charge in [0.1, 0.15) is 5.82 Å². The SMILES string of the molecule is CCCNC(C)c1ccc(N(C)C(C)C2CC2)nc1. The van der Waals surface area contributed by atoms with Crippen LogP contribution in [-0.4, -0.2) is 24.6 Å². The van der Waals surface area contributed by atoms with Crippen LogP contribution in [0.2, 0.25) is 0 Å². The lowest BCUT2D eigenvalue weighted by molar-refractivity contribution is 0.568. The molecule has 2 unspecified atom stereocenters. The number of anilines is 1. The second-order valence-corrected chi connectivity index (χ2v) is 5.81. The Morgan fingerprint density at radius 2 is 2.11 bits per heavy atom. The number of rotatable bonds is 7. The quantitative estimate of drug-likeness (QED) is 0.815. The molecule has 1 aromatic rings. The van der Waals surface area contributed by atoms with Gasteiger partial charge in [0, 0.05) is 25.3 Å². The van der Waals surface area contributed by atoms with Gasteiger partial charge >= 0.3 is 0 Å². The molecule has 2 atom stereocenters. The fourth-order valence-corrected chi connectivity index (χ4v) is 2.44. The lowest BCUT2D eigenvalue weighted by atomic mass is 10.1. The van der Waals surface area contributed by atoms with Gasteiger partial charge in [0.15, 0.2) is 0 Å². The van der Waals surface area contributed by atoms with Crippen molar-refractivity contribution in [3.8, 4) is 0 Å². The molecule has 1 N–H and O–H groups in total. The molecule has 3 heteroatoms. The summed E-state index contributed by atoms with van der Waals surface area (Å²) in [7, 11) is 2.16. The molecule has 106 valence electrons. The second kappa shape index (κ2) is 6.38. The Hall–Kier alpha value is -1.09. The maximum absolute atomic E-state index is 4.62. The van der Waals surface area contributed by atoms with Crippen LogP contribution >= 0.6 is 0 Å². The number of aromatic nitrogens is 1. The predicted octanol–water partition coefficient (Wildman–Crippen LogP) is 3.38. The molecule has 1 fully saturated rings. The number of nitrogens with zero attached hydrogens (tertiary/aromatic N) is 2. The number of nitrogens with one attached hydrogen (secondary N) is 1. The first-order chi connectivity index (χ1) is 9.13. The fourth-order valence-electron chi connectivity index (χ4n) is 2.44. The zero-order valence-electron chi connectivity index (χ0n) is 12.7. The molecule has 0 bridgehead atoms. The van der Waals surface area contributed by atoms with Gasteiger partial charge in [-0.05, 0) is 57.2 Å². The summed E-state index contributed by atoms with van der Waals surface area (Å²) in [6.07, 6.45) is 5.93. The lowest BCUT2D eigenvalue weighted by Crippen LogP contribution is -2.31. The third kappa shape index (κ3) is 3.69. The first-order valence-corrected chi connectivity index (χ1v) is 7.55. The van der Waals surface area contributed by atoms with Crippen molar-refractivity contribution in [3.63, 3.8) is 0 Å². The first kappa shape index (κ1) is 14.3. The molecule has 2 rings (SSSR count). The van der Waals surface area contributed by atoms with Crippen LogP contribution in [0.25, 0.3) is 0 Å². The van der Waals surface area contributed by atoms with Crippen molar-refractivity contribution < 1.29 is 0 Å². The van der Waals surface area contributed by atoms with Crippen molar-refractivity contribution in [1.82, 2.24) is 10.3 Å². The van der Waals surface area contributed by atoms with Gasteiger partial charge in [0.25, 0.3) is 0 Å². The summed E-state index contributed by atoms with van der Waals surface area (Å²) < 4.78 is 0. The van der Waals surface area contributed by atoms with E-state index in [1.165, 1.54) is 18.4 Å². The smallest absolute Gasteiger partial charge is 0.128 e.